The molecule has 0 aliphatic carbocycles. The van der Waals surface area contributed by atoms with Crippen molar-refractivity contribution < 1.29 is 13.9 Å². The van der Waals surface area contributed by atoms with Gasteiger partial charge in [-0.25, -0.2) is 8.78 Å². The Labute approximate surface area is 135 Å². The summed E-state index contributed by atoms with van der Waals surface area (Å²) in [5, 5.41) is 14.4. The monoisotopic (exact) mass is 317 g/mol. The van der Waals surface area contributed by atoms with E-state index in [2.05, 4.69) is 5.32 Å². The number of rotatable bonds is 2. The van der Waals surface area contributed by atoms with Gasteiger partial charge in [-0.3, -0.25) is 0 Å². The van der Waals surface area contributed by atoms with Crippen molar-refractivity contribution in [3.8, 4) is 0 Å². The number of hydrogen-bond acceptors (Lipinski definition) is 2. The molecule has 4 heteroatoms. The maximum Gasteiger partial charge on any atom is 0.123 e. The van der Waals surface area contributed by atoms with Crippen LogP contribution in [0, 0.1) is 17.6 Å². The zero-order valence-corrected chi connectivity index (χ0v) is 13.3. The standard InChI is InChI=1S/C19H21F2NO/c1-12-18(14-5-9-16(21)10-6-14)22-17(11-19(12,2)23)13-3-7-15(20)8-4-13/h3-10,12,17-18,22-23H,11H2,1-2H3/t12-,17-,18-,19+/m0/s1. The fourth-order valence-electron chi connectivity index (χ4n) is 3.34. The third-order valence-electron chi connectivity index (χ3n) is 4.98. The second-order valence-electron chi connectivity index (χ2n) is 6.65. The molecule has 2 aromatic rings. The Bertz CT molecular complexity index is 667. The van der Waals surface area contributed by atoms with E-state index in [4.69, 9.17) is 0 Å². The zero-order chi connectivity index (χ0) is 16.6. The molecular weight excluding hydrogens is 296 g/mol. The van der Waals surface area contributed by atoms with Gasteiger partial charge in [0.15, 0.2) is 0 Å². The summed E-state index contributed by atoms with van der Waals surface area (Å²) in [6, 6.07) is 12.5. The van der Waals surface area contributed by atoms with Gasteiger partial charge in [0.1, 0.15) is 11.6 Å². The SMILES string of the molecule is C[C@H]1[C@@H](c2ccc(F)cc2)N[C@H](c2ccc(F)cc2)C[C@@]1(C)O. The van der Waals surface area contributed by atoms with E-state index in [-0.39, 0.29) is 29.6 Å². The van der Waals surface area contributed by atoms with Crippen LogP contribution in [0.3, 0.4) is 0 Å². The topological polar surface area (TPSA) is 32.3 Å². The van der Waals surface area contributed by atoms with Crippen LogP contribution in [0.5, 0.6) is 0 Å². The van der Waals surface area contributed by atoms with Crippen LogP contribution in [0.15, 0.2) is 48.5 Å². The Morgan fingerprint density at radius 3 is 1.96 bits per heavy atom. The first-order chi connectivity index (χ1) is 10.9. The highest BCUT2D eigenvalue weighted by atomic mass is 19.1. The van der Waals surface area contributed by atoms with E-state index in [9.17, 15) is 13.9 Å². The van der Waals surface area contributed by atoms with Gasteiger partial charge < -0.3 is 10.4 Å². The lowest BCUT2D eigenvalue weighted by molar-refractivity contribution is -0.0526. The summed E-state index contributed by atoms with van der Waals surface area (Å²) in [7, 11) is 0. The second kappa shape index (κ2) is 6.02. The van der Waals surface area contributed by atoms with Crippen molar-refractivity contribution in [2.45, 2.75) is 38.0 Å². The number of aliphatic hydroxyl groups is 1. The quantitative estimate of drug-likeness (QED) is 0.873. The summed E-state index contributed by atoms with van der Waals surface area (Å²) >= 11 is 0. The van der Waals surface area contributed by atoms with E-state index in [0.29, 0.717) is 6.42 Å². The van der Waals surface area contributed by atoms with E-state index < -0.39 is 5.60 Å². The van der Waals surface area contributed by atoms with Crippen molar-refractivity contribution in [2.75, 3.05) is 0 Å². The molecule has 0 aromatic heterocycles. The van der Waals surface area contributed by atoms with Crippen molar-refractivity contribution in [1.29, 1.82) is 0 Å². The molecule has 1 aliphatic heterocycles. The van der Waals surface area contributed by atoms with E-state index in [1.807, 2.05) is 13.8 Å². The molecule has 2 N–H and O–H groups in total. The van der Waals surface area contributed by atoms with Crippen LogP contribution in [0.1, 0.15) is 43.5 Å². The molecule has 3 rings (SSSR count). The zero-order valence-electron chi connectivity index (χ0n) is 13.3. The highest BCUT2D eigenvalue weighted by molar-refractivity contribution is 5.27. The predicted molar refractivity (Wildman–Crippen MR) is 85.8 cm³/mol. The van der Waals surface area contributed by atoms with E-state index >= 15 is 0 Å². The summed E-state index contributed by atoms with van der Waals surface area (Å²) < 4.78 is 26.3. The summed E-state index contributed by atoms with van der Waals surface area (Å²) in [5.74, 6) is -0.594. The van der Waals surface area contributed by atoms with Crippen LogP contribution in [0.4, 0.5) is 8.78 Å². The summed E-state index contributed by atoms with van der Waals surface area (Å²) in [5.41, 5.74) is 1.00. The molecule has 1 heterocycles. The first kappa shape index (κ1) is 16.1. The minimum absolute atomic E-state index is 0.0374. The van der Waals surface area contributed by atoms with Gasteiger partial charge in [0, 0.05) is 18.0 Å². The van der Waals surface area contributed by atoms with Crippen LogP contribution in [-0.2, 0) is 0 Å². The molecule has 0 saturated carbocycles. The van der Waals surface area contributed by atoms with Gasteiger partial charge in [0.25, 0.3) is 0 Å². The van der Waals surface area contributed by atoms with Gasteiger partial charge in [-0.05, 0) is 48.7 Å². The first-order valence-corrected chi connectivity index (χ1v) is 7.86. The van der Waals surface area contributed by atoms with Crippen LogP contribution in [-0.4, -0.2) is 10.7 Å². The lowest BCUT2D eigenvalue weighted by Gasteiger charge is -2.46. The molecule has 0 unspecified atom stereocenters. The van der Waals surface area contributed by atoms with Crippen LogP contribution >= 0.6 is 0 Å². The summed E-state index contributed by atoms with van der Waals surface area (Å²) in [6.07, 6.45) is 0.539. The largest absolute Gasteiger partial charge is 0.390 e. The van der Waals surface area contributed by atoms with Crippen molar-refractivity contribution in [2.24, 2.45) is 5.92 Å². The number of piperidine rings is 1. The molecule has 0 radical (unpaired) electrons. The lowest BCUT2D eigenvalue weighted by atomic mass is 9.73. The molecule has 2 nitrogen and oxygen atoms in total. The summed E-state index contributed by atoms with van der Waals surface area (Å²) in [6.45, 7) is 3.81. The fraction of sp³-hybridized carbons (Fsp3) is 0.368. The Balaban J connectivity index is 1.92. The van der Waals surface area contributed by atoms with E-state index in [1.54, 1.807) is 24.3 Å². The van der Waals surface area contributed by atoms with E-state index in [1.165, 1.54) is 24.3 Å². The van der Waals surface area contributed by atoms with Crippen molar-refractivity contribution in [3.63, 3.8) is 0 Å². The minimum atomic E-state index is -0.872. The van der Waals surface area contributed by atoms with E-state index in [0.717, 1.165) is 11.1 Å². The molecule has 0 bridgehead atoms. The maximum atomic E-state index is 13.2. The average Bonchev–Trinajstić information content (AvgIpc) is 2.51. The van der Waals surface area contributed by atoms with Crippen molar-refractivity contribution in [3.05, 3.63) is 71.3 Å². The molecule has 4 atom stereocenters. The van der Waals surface area contributed by atoms with Gasteiger partial charge in [-0.2, -0.15) is 0 Å². The average molecular weight is 317 g/mol. The van der Waals surface area contributed by atoms with Crippen LogP contribution in [0.25, 0.3) is 0 Å². The lowest BCUT2D eigenvalue weighted by Crippen LogP contribution is -2.50. The highest BCUT2D eigenvalue weighted by Gasteiger charge is 2.42. The third-order valence-corrected chi connectivity index (χ3v) is 4.98. The Morgan fingerprint density at radius 2 is 1.43 bits per heavy atom. The molecule has 1 saturated heterocycles. The number of benzene rings is 2. The van der Waals surface area contributed by atoms with Gasteiger partial charge in [-0.1, -0.05) is 31.2 Å². The van der Waals surface area contributed by atoms with Gasteiger partial charge in [0.05, 0.1) is 5.60 Å². The molecule has 23 heavy (non-hydrogen) atoms. The number of hydrogen-bond donors (Lipinski definition) is 2. The number of nitrogens with one attached hydrogen (secondary N) is 1. The highest BCUT2D eigenvalue weighted by Crippen LogP contribution is 2.42. The smallest absolute Gasteiger partial charge is 0.123 e. The van der Waals surface area contributed by atoms with Gasteiger partial charge >= 0.3 is 0 Å². The minimum Gasteiger partial charge on any atom is -0.390 e. The van der Waals surface area contributed by atoms with Crippen LogP contribution in [0.2, 0.25) is 0 Å². The molecule has 0 amide bonds. The number of halogens is 2. The molecule has 1 fully saturated rings. The second-order valence-corrected chi connectivity index (χ2v) is 6.65. The summed E-state index contributed by atoms with van der Waals surface area (Å²) in [4.78, 5) is 0. The maximum absolute atomic E-state index is 13.2. The molecular formula is C19H21F2NO. The van der Waals surface area contributed by atoms with Crippen molar-refractivity contribution >= 4 is 0 Å². The molecule has 0 spiro atoms. The van der Waals surface area contributed by atoms with Gasteiger partial charge in [0.2, 0.25) is 0 Å². The third kappa shape index (κ3) is 3.28. The molecule has 2 aromatic carbocycles. The Hall–Kier alpha value is -1.78. The van der Waals surface area contributed by atoms with Crippen molar-refractivity contribution in [1.82, 2.24) is 5.32 Å². The molecule has 122 valence electrons. The Kier molecular flexibility index (Phi) is 4.21. The molecule has 1 aliphatic rings. The normalized spacial score (nSPS) is 31.1. The van der Waals surface area contributed by atoms with Gasteiger partial charge in [-0.15, -0.1) is 0 Å². The first-order valence-electron chi connectivity index (χ1n) is 7.86. The predicted octanol–water partition coefficient (Wildman–Crippen LogP) is 4.13. The fourth-order valence-corrected chi connectivity index (χ4v) is 3.34. The van der Waals surface area contributed by atoms with Crippen LogP contribution < -0.4 is 5.32 Å². The Morgan fingerprint density at radius 1 is 0.957 bits per heavy atom.